The molecule has 4 heteroatoms. The molecule has 3 nitrogen and oxygen atoms in total. The molecule has 0 aliphatic carbocycles. The first-order valence-electron chi connectivity index (χ1n) is 7.99. The zero-order valence-electron chi connectivity index (χ0n) is 13.6. The second-order valence-corrected chi connectivity index (χ2v) is 5.91. The molecule has 25 heavy (non-hydrogen) atoms. The first kappa shape index (κ1) is 15.3. The molecule has 0 amide bonds. The van der Waals surface area contributed by atoms with Gasteiger partial charge >= 0.3 is 0 Å². The Morgan fingerprint density at radius 3 is 2.32 bits per heavy atom. The summed E-state index contributed by atoms with van der Waals surface area (Å²) in [4.78, 5) is 17.7. The van der Waals surface area contributed by atoms with Crippen LogP contribution < -0.4 is 5.56 Å². The van der Waals surface area contributed by atoms with Crippen molar-refractivity contribution >= 4 is 10.9 Å². The number of benzene rings is 3. The molecule has 1 aromatic heterocycles. The zero-order valence-corrected chi connectivity index (χ0v) is 13.6. The molecule has 0 saturated heterocycles. The van der Waals surface area contributed by atoms with Crippen LogP contribution in [0.2, 0.25) is 0 Å². The van der Waals surface area contributed by atoms with Gasteiger partial charge in [-0.1, -0.05) is 42.0 Å². The Kier molecular flexibility index (Phi) is 3.65. The SMILES string of the molecule is Cc1ccc(-n2c(-c3ccccc3F)nc3ccccc3c2=O)cc1. The molecule has 122 valence electrons. The summed E-state index contributed by atoms with van der Waals surface area (Å²) >= 11 is 0. The predicted octanol–water partition coefficient (Wildman–Crippen LogP) is 4.50. The van der Waals surface area contributed by atoms with Crippen LogP contribution in [0.1, 0.15) is 5.56 Å². The molecule has 0 radical (unpaired) electrons. The van der Waals surface area contributed by atoms with Crippen molar-refractivity contribution in [3.8, 4) is 17.1 Å². The van der Waals surface area contributed by atoms with Gasteiger partial charge in [0.15, 0.2) is 5.82 Å². The molecule has 0 aliphatic rings. The Hall–Kier alpha value is -3.27. The molecule has 0 atom stereocenters. The third-order valence-corrected chi connectivity index (χ3v) is 4.18. The topological polar surface area (TPSA) is 34.9 Å². The minimum atomic E-state index is -0.412. The second kappa shape index (κ2) is 5.98. The summed E-state index contributed by atoms with van der Waals surface area (Å²) in [7, 11) is 0. The van der Waals surface area contributed by atoms with Crippen LogP contribution in [0.3, 0.4) is 0 Å². The van der Waals surface area contributed by atoms with Crippen LogP contribution in [0, 0.1) is 12.7 Å². The molecule has 0 bridgehead atoms. The third kappa shape index (κ3) is 2.62. The van der Waals surface area contributed by atoms with Crippen molar-refractivity contribution in [2.45, 2.75) is 6.92 Å². The summed E-state index contributed by atoms with van der Waals surface area (Å²) in [5.74, 6) is -0.115. The molecule has 4 aromatic rings. The average Bonchev–Trinajstić information content (AvgIpc) is 2.63. The van der Waals surface area contributed by atoms with E-state index in [1.54, 1.807) is 36.4 Å². The molecular formula is C21H15FN2O. The second-order valence-electron chi connectivity index (χ2n) is 5.91. The van der Waals surface area contributed by atoms with Gasteiger partial charge in [0.05, 0.1) is 22.2 Å². The number of halogens is 1. The van der Waals surface area contributed by atoms with E-state index in [-0.39, 0.29) is 5.56 Å². The summed E-state index contributed by atoms with van der Waals surface area (Å²) in [5, 5.41) is 0.503. The van der Waals surface area contributed by atoms with Gasteiger partial charge in [-0.3, -0.25) is 9.36 Å². The highest BCUT2D eigenvalue weighted by molar-refractivity contribution is 5.80. The minimum absolute atomic E-state index is 0.215. The number of nitrogens with zero attached hydrogens (tertiary/aromatic N) is 2. The van der Waals surface area contributed by atoms with Gasteiger partial charge in [0.2, 0.25) is 0 Å². The number of hydrogen-bond donors (Lipinski definition) is 0. The molecule has 1 heterocycles. The fourth-order valence-electron chi connectivity index (χ4n) is 2.89. The Morgan fingerprint density at radius 1 is 0.880 bits per heavy atom. The van der Waals surface area contributed by atoms with Crippen LogP contribution in [0.4, 0.5) is 4.39 Å². The van der Waals surface area contributed by atoms with E-state index in [1.165, 1.54) is 10.6 Å². The first-order valence-corrected chi connectivity index (χ1v) is 7.99. The summed E-state index contributed by atoms with van der Waals surface area (Å²) < 4.78 is 15.9. The van der Waals surface area contributed by atoms with E-state index in [0.717, 1.165) is 5.56 Å². The van der Waals surface area contributed by atoms with Crippen LogP contribution in [0.25, 0.3) is 28.0 Å². The standard InChI is InChI=1S/C21H15FN2O/c1-14-10-12-15(13-11-14)24-20(16-6-2-4-8-18(16)22)23-19-9-5-3-7-17(19)21(24)25/h2-13H,1H3. The van der Waals surface area contributed by atoms with Crippen molar-refractivity contribution in [2.24, 2.45) is 0 Å². The van der Waals surface area contributed by atoms with Gasteiger partial charge in [0.1, 0.15) is 5.82 Å². The van der Waals surface area contributed by atoms with Crippen LogP contribution in [-0.2, 0) is 0 Å². The van der Waals surface area contributed by atoms with Crippen molar-refractivity contribution < 1.29 is 4.39 Å². The van der Waals surface area contributed by atoms with Gasteiger partial charge in [0.25, 0.3) is 5.56 Å². The molecular weight excluding hydrogens is 315 g/mol. The van der Waals surface area contributed by atoms with E-state index in [0.29, 0.717) is 28.0 Å². The maximum atomic E-state index is 14.4. The summed E-state index contributed by atoms with van der Waals surface area (Å²) in [6.45, 7) is 1.98. The zero-order chi connectivity index (χ0) is 17.4. The van der Waals surface area contributed by atoms with E-state index >= 15 is 0 Å². The highest BCUT2D eigenvalue weighted by Gasteiger charge is 2.16. The van der Waals surface area contributed by atoms with Gasteiger partial charge in [-0.2, -0.15) is 0 Å². The van der Waals surface area contributed by atoms with E-state index in [2.05, 4.69) is 4.98 Å². The molecule has 4 rings (SSSR count). The van der Waals surface area contributed by atoms with E-state index in [9.17, 15) is 9.18 Å². The molecule has 3 aromatic carbocycles. The fourth-order valence-corrected chi connectivity index (χ4v) is 2.89. The van der Waals surface area contributed by atoms with E-state index < -0.39 is 5.82 Å². The molecule has 0 N–H and O–H groups in total. The Labute approximate surface area is 144 Å². The number of para-hydroxylation sites is 1. The molecule has 0 spiro atoms. The summed E-state index contributed by atoms with van der Waals surface area (Å²) in [6.07, 6.45) is 0. The van der Waals surface area contributed by atoms with Gasteiger partial charge in [-0.15, -0.1) is 0 Å². The molecule has 0 aliphatic heterocycles. The highest BCUT2D eigenvalue weighted by Crippen LogP contribution is 2.24. The van der Waals surface area contributed by atoms with Crippen LogP contribution >= 0.6 is 0 Å². The average molecular weight is 330 g/mol. The Balaban J connectivity index is 2.13. The van der Waals surface area contributed by atoms with E-state index in [1.807, 2.05) is 37.3 Å². The quantitative estimate of drug-likeness (QED) is 0.542. The smallest absolute Gasteiger partial charge is 0.266 e. The minimum Gasteiger partial charge on any atom is -0.268 e. The lowest BCUT2D eigenvalue weighted by Crippen LogP contribution is -2.22. The number of fused-ring (bicyclic) bond motifs is 1. The maximum Gasteiger partial charge on any atom is 0.266 e. The Morgan fingerprint density at radius 2 is 1.56 bits per heavy atom. The summed E-state index contributed by atoms with van der Waals surface area (Å²) in [6, 6.07) is 21.0. The normalized spacial score (nSPS) is 11.0. The Bertz CT molecular complexity index is 1130. The fraction of sp³-hybridized carbons (Fsp3) is 0.0476. The number of aromatic nitrogens is 2. The van der Waals surface area contributed by atoms with Gasteiger partial charge in [-0.25, -0.2) is 9.37 Å². The largest absolute Gasteiger partial charge is 0.268 e. The number of hydrogen-bond acceptors (Lipinski definition) is 2. The number of aryl methyl sites for hydroxylation is 1. The van der Waals surface area contributed by atoms with Crippen molar-refractivity contribution in [3.05, 3.63) is 94.5 Å². The molecule has 0 unspecified atom stereocenters. The highest BCUT2D eigenvalue weighted by atomic mass is 19.1. The van der Waals surface area contributed by atoms with Gasteiger partial charge in [-0.05, 0) is 43.3 Å². The molecule has 0 saturated carbocycles. The van der Waals surface area contributed by atoms with Crippen molar-refractivity contribution in [1.29, 1.82) is 0 Å². The van der Waals surface area contributed by atoms with E-state index in [4.69, 9.17) is 0 Å². The summed E-state index contributed by atoms with van der Waals surface area (Å²) in [5.41, 5.74) is 2.37. The van der Waals surface area contributed by atoms with Crippen molar-refractivity contribution in [2.75, 3.05) is 0 Å². The van der Waals surface area contributed by atoms with Crippen LogP contribution in [-0.4, -0.2) is 9.55 Å². The maximum absolute atomic E-state index is 14.4. The number of rotatable bonds is 2. The van der Waals surface area contributed by atoms with Gasteiger partial charge in [0, 0.05) is 0 Å². The lowest BCUT2D eigenvalue weighted by Gasteiger charge is -2.14. The van der Waals surface area contributed by atoms with Crippen molar-refractivity contribution in [1.82, 2.24) is 9.55 Å². The monoisotopic (exact) mass is 330 g/mol. The first-order chi connectivity index (χ1) is 12.1. The molecule has 0 fully saturated rings. The van der Waals surface area contributed by atoms with Crippen LogP contribution in [0.5, 0.6) is 0 Å². The van der Waals surface area contributed by atoms with Crippen molar-refractivity contribution in [3.63, 3.8) is 0 Å². The van der Waals surface area contributed by atoms with Gasteiger partial charge < -0.3 is 0 Å². The van der Waals surface area contributed by atoms with Crippen LogP contribution in [0.15, 0.2) is 77.6 Å². The third-order valence-electron chi connectivity index (χ3n) is 4.18. The lowest BCUT2D eigenvalue weighted by molar-refractivity contribution is 0.629. The predicted molar refractivity (Wildman–Crippen MR) is 97.5 cm³/mol. The lowest BCUT2D eigenvalue weighted by atomic mass is 10.1.